The van der Waals surface area contributed by atoms with Gasteiger partial charge in [-0.1, -0.05) is 50.1 Å². The third-order valence-electron chi connectivity index (χ3n) is 5.36. The van der Waals surface area contributed by atoms with Gasteiger partial charge in [-0.05, 0) is 62.2 Å². The molecular formula is C26H32N2O3S. The largest absolute Gasteiger partial charge is 0.493 e. The van der Waals surface area contributed by atoms with Crippen LogP contribution in [0.25, 0.3) is 6.08 Å². The van der Waals surface area contributed by atoms with Gasteiger partial charge >= 0.3 is 0 Å². The lowest BCUT2D eigenvalue weighted by Crippen LogP contribution is -2.28. The van der Waals surface area contributed by atoms with Crippen molar-refractivity contribution in [3.8, 4) is 11.5 Å². The van der Waals surface area contributed by atoms with Crippen LogP contribution in [0, 0.1) is 13.8 Å². The minimum atomic E-state index is -0.0396. The highest BCUT2D eigenvalue weighted by molar-refractivity contribution is 8.18. The van der Waals surface area contributed by atoms with E-state index in [-0.39, 0.29) is 5.91 Å². The van der Waals surface area contributed by atoms with Gasteiger partial charge in [0.05, 0.1) is 24.3 Å². The Morgan fingerprint density at radius 1 is 1.06 bits per heavy atom. The van der Waals surface area contributed by atoms with Crippen LogP contribution in [0.2, 0.25) is 0 Å². The van der Waals surface area contributed by atoms with Crippen LogP contribution >= 0.6 is 11.8 Å². The lowest BCUT2D eigenvalue weighted by Gasteiger charge is -2.14. The number of thioether (sulfide) groups is 1. The number of aliphatic imine (C=N–C) groups is 1. The maximum Gasteiger partial charge on any atom is 0.266 e. The normalized spacial score (nSPS) is 16.3. The molecule has 170 valence electrons. The number of nitrogens with zero attached hydrogens (tertiary/aromatic N) is 2. The minimum absolute atomic E-state index is 0.0396. The number of ether oxygens (including phenoxy) is 2. The molecule has 3 rings (SSSR count). The second-order valence-corrected chi connectivity index (χ2v) is 8.74. The summed E-state index contributed by atoms with van der Waals surface area (Å²) in [6.07, 6.45) is 5.12. The zero-order valence-electron chi connectivity index (χ0n) is 19.6. The van der Waals surface area contributed by atoms with Crippen molar-refractivity contribution in [1.82, 2.24) is 4.90 Å². The number of hydrogen-bond donors (Lipinski definition) is 0. The van der Waals surface area contributed by atoms with Crippen molar-refractivity contribution in [2.75, 3.05) is 20.3 Å². The van der Waals surface area contributed by atoms with Gasteiger partial charge in [0.1, 0.15) is 0 Å². The van der Waals surface area contributed by atoms with Crippen molar-refractivity contribution in [1.29, 1.82) is 0 Å². The van der Waals surface area contributed by atoms with Crippen molar-refractivity contribution in [2.45, 2.75) is 47.0 Å². The van der Waals surface area contributed by atoms with Crippen molar-refractivity contribution in [3.05, 3.63) is 58.0 Å². The van der Waals surface area contributed by atoms with Crippen molar-refractivity contribution < 1.29 is 14.3 Å². The van der Waals surface area contributed by atoms with Gasteiger partial charge in [-0.2, -0.15) is 0 Å². The highest BCUT2D eigenvalue weighted by Gasteiger charge is 2.32. The number of rotatable bonds is 9. The van der Waals surface area contributed by atoms with Crippen molar-refractivity contribution in [2.24, 2.45) is 4.99 Å². The summed E-state index contributed by atoms with van der Waals surface area (Å²) < 4.78 is 11.6. The van der Waals surface area contributed by atoms with E-state index in [0.29, 0.717) is 34.7 Å². The van der Waals surface area contributed by atoms with Crippen LogP contribution in [0.3, 0.4) is 0 Å². The lowest BCUT2D eigenvalue weighted by atomic mass is 10.1. The van der Waals surface area contributed by atoms with E-state index in [0.717, 1.165) is 41.6 Å². The van der Waals surface area contributed by atoms with Gasteiger partial charge in [-0.25, -0.2) is 4.99 Å². The maximum absolute atomic E-state index is 13.2. The molecule has 2 aromatic rings. The molecule has 1 saturated heterocycles. The fourth-order valence-corrected chi connectivity index (χ4v) is 4.62. The summed E-state index contributed by atoms with van der Waals surface area (Å²) in [5, 5.41) is 0.703. The number of aryl methyl sites for hydroxylation is 2. The molecule has 0 N–H and O–H groups in total. The highest BCUT2D eigenvalue weighted by Crippen LogP contribution is 2.39. The smallest absolute Gasteiger partial charge is 0.266 e. The standard InChI is InChI=1S/C26H32N2O3S/c1-6-8-9-16-31-24-20(14-11-15-21(24)30-5)17-22-25(29)28(7-2)26(32-22)27-23-18(3)12-10-13-19(23)4/h10-15,17H,6-9,16H2,1-5H3/b22-17+,27-26?. The van der Waals surface area contributed by atoms with Gasteiger partial charge in [0.15, 0.2) is 16.7 Å². The number of amidine groups is 1. The van der Waals surface area contributed by atoms with Crippen LogP contribution in [0.1, 0.15) is 49.8 Å². The zero-order chi connectivity index (χ0) is 23.1. The van der Waals surface area contributed by atoms with E-state index in [4.69, 9.17) is 14.5 Å². The van der Waals surface area contributed by atoms with E-state index >= 15 is 0 Å². The molecule has 1 fully saturated rings. The topological polar surface area (TPSA) is 51.1 Å². The van der Waals surface area contributed by atoms with Gasteiger partial charge in [-0.3, -0.25) is 9.69 Å². The number of carbonyl (C=O) groups excluding carboxylic acids is 1. The summed E-state index contributed by atoms with van der Waals surface area (Å²) in [6.45, 7) is 9.39. The number of amides is 1. The van der Waals surface area contributed by atoms with E-state index in [1.54, 1.807) is 12.0 Å². The van der Waals surface area contributed by atoms with E-state index in [1.165, 1.54) is 11.8 Å². The molecule has 0 aliphatic carbocycles. The Morgan fingerprint density at radius 3 is 2.44 bits per heavy atom. The SMILES string of the molecule is CCCCCOc1c(/C=C2/SC(=Nc3c(C)cccc3C)N(CC)C2=O)cccc1OC. The predicted octanol–water partition coefficient (Wildman–Crippen LogP) is 6.50. The molecule has 0 atom stereocenters. The summed E-state index contributed by atoms with van der Waals surface area (Å²) in [6, 6.07) is 11.9. The Labute approximate surface area is 195 Å². The third-order valence-corrected chi connectivity index (χ3v) is 6.37. The fourth-order valence-electron chi connectivity index (χ4n) is 3.58. The fraction of sp³-hybridized carbons (Fsp3) is 0.385. The Kier molecular flexibility index (Phi) is 8.39. The first-order chi connectivity index (χ1) is 15.5. The Morgan fingerprint density at radius 2 is 1.78 bits per heavy atom. The second-order valence-electron chi connectivity index (χ2n) is 7.73. The van der Waals surface area contributed by atoms with Crippen LogP contribution in [-0.4, -0.2) is 36.2 Å². The lowest BCUT2D eigenvalue weighted by molar-refractivity contribution is -0.122. The molecule has 6 heteroatoms. The molecule has 1 aliphatic rings. The van der Waals surface area contributed by atoms with Crippen molar-refractivity contribution in [3.63, 3.8) is 0 Å². The van der Waals surface area contributed by atoms with Gasteiger partial charge in [0.2, 0.25) is 0 Å². The average Bonchev–Trinajstić information content (AvgIpc) is 3.08. The van der Waals surface area contributed by atoms with Crippen LogP contribution < -0.4 is 9.47 Å². The predicted molar refractivity (Wildman–Crippen MR) is 134 cm³/mol. The monoisotopic (exact) mass is 452 g/mol. The molecule has 2 aromatic carbocycles. The van der Waals surface area contributed by atoms with Crippen LogP contribution in [0.15, 0.2) is 46.3 Å². The molecule has 0 aromatic heterocycles. The third kappa shape index (κ3) is 5.36. The first kappa shape index (κ1) is 23.9. The molecule has 32 heavy (non-hydrogen) atoms. The maximum atomic E-state index is 13.2. The number of benzene rings is 2. The number of hydrogen-bond acceptors (Lipinski definition) is 5. The molecule has 0 bridgehead atoms. The zero-order valence-corrected chi connectivity index (χ0v) is 20.4. The molecule has 0 radical (unpaired) electrons. The molecule has 5 nitrogen and oxygen atoms in total. The Hall–Kier alpha value is -2.73. The molecule has 0 spiro atoms. The summed E-state index contributed by atoms with van der Waals surface area (Å²) in [7, 11) is 1.63. The number of carbonyl (C=O) groups is 1. The number of methoxy groups -OCH3 is 1. The van der Waals surface area contributed by atoms with Crippen LogP contribution in [0.4, 0.5) is 5.69 Å². The average molecular weight is 453 g/mol. The number of para-hydroxylation sites is 2. The molecule has 1 heterocycles. The van der Waals surface area contributed by atoms with Gasteiger partial charge in [-0.15, -0.1) is 0 Å². The summed E-state index contributed by atoms with van der Waals surface area (Å²) in [4.78, 5) is 20.4. The van der Waals surface area contributed by atoms with Gasteiger partial charge < -0.3 is 9.47 Å². The number of unbranched alkanes of at least 4 members (excludes halogenated alkanes) is 2. The van der Waals surface area contributed by atoms with Crippen LogP contribution in [-0.2, 0) is 4.79 Å². The van der Waals surface area contributed by atoms with Gasteiger partial charge in [0.25, 0.3) is 5.91 Å². The number of likely N-dealkylation sites (N-methyl/N-ethyl adjacent to an activating group) is 1. The molecule has 0 saturated carbocycles. The first-order valence-electron chi connectivity index (χ1n) is 11.2. The summed E-state index contributed by atoms with van der Waals surface area (Å²) in [5.41, 5.74) is 3.94. The first-order valence-corrected chi connectivity index (χ1v) is 12.0. The van der Waals surface area contributed by atoms with E-state index in [1.807, 2.05) is 63.2 Å². The second kappa shape index (κ2) is 11.2. The quantitative estimate of drug-likeness (QED) is 0.322. The minimum Gasteiger partial charge on any atom is -0.493 e. The van der Waals surface area contributed by atoms with Crippen molar-refractivity contribution >= 4 is 34.6 Å². The summed E-state index contributed by atoms with van der Waals surface area (Å²) in [5.74, 6) is 1.31. The Bertz CT molecular complexity index is 1010. The van der Waals surface area contributed by atoms with E-state index in [2.05, 4.69) is 6.92 Å². The molecule has 1 amide bonds. The van der Waals surface area contributed by atoms with E-state index in [9.17, 15) is 4.79 Å². The van der Waals surface area contributed by atoms with Crippen LogP contribution in [0.5, 0.6) is 11.5 Å². The van der Waals surface area contributed by atoms with E-state index < -0.39 is 0 Å². The molecule has 0 unspecified atom stereocenters. The molecular weight excluding hydrogens is 420 g/mol. The Balaban J connectivity index is 1.95. The molecule has 1 aliphatic heterocycles. The highest BCUT2D eigenvalue weighted by atomic mass is 32.2. The van der Waals surface area contributed by atoms with Gasteiger partial charge in [0, 0.05) is 12.1 Å². The summed E-state index contributed by atoms with van der Waals surface area (Å²) >= 11 is 1.40.